The van der Waals surface area contributed by atoms with Gasteiger partial charge in [-0.25, -0.2) is 0 Å². The Kier molecular flexibility index (Phi) is 3.03. The number of hydrogen-bond donors (Lipinski definition) is 3. The van der Waals surface area contributed by atoms with Crippen LogP contribution in [0.1, 0.15) is 23.2 Å². The van der Waals surface area contributed by atoms with E-state index in [1.54, 1.807) is 0 Å². The SMILES string of the molecule is O=C(NC1CC(O)C1)c1ccc(O)c(Cl)c1. The first kappa shape index (κ1) is 11.2. The molecule has 0 radical (unpaired) electrons. The van der Waals surface area contributed by atoms with Crippen molar-refractivity contribution in [2.24, 2.45) is 0 Å². The smallest absolute Gasteiger partial charge is 0.251 e. The van der Waals surface area contributed by atoms with Crippen LogP contribution in [-0.2, 0) is 0 Å². The Morgan fingerprint density at radius 3 is 2.69 bits per heavy atom. The first-order chi connectivity index (χ1) is 7.56. The molecule has 1 amide bonds. The molecule has 0 bridgehead atoms. The Balaban J connectivity index is 2.01. The highest BCUT2D eigenvalue weighted by molar-refractivity contribution is 6.32. The summed E-state index contributed by atoms with van der Waals surface area (Å²) in [6, 6.07) is 4.34. The molecule has 0 heterocycles. The van der Waals surface area contributed by atoms with Crippen molar-refractivity contribution in [1.29, 1.82) is 0 Å². The zero-order valence-corrected chi connectivity index (χ0v) is 9.24. The fourth-order valence-corrected chi connectivity index (χ4v) is 1.80. The van der Waals surface area contributed by atoms with Gasteiger partial charge in [0.1, 0.15) is 5.75 Å². The van der Waals surface area contributed by atoms with E-state index in [4.69, 9.17) is 16.7 Å². The maximum Gasteiger partial charge on any atom is 0.251 e. The normalized spacial score (nSPS) is 23.6. The maximum atomic E-state index is 11.7. The number of nitrogens with one attached hydrogen (secondary N) is 1. The van der Waals surface area contributed by atoms with Gasteiger partial charge in [0.15, 0.2) is 0 Å². The molecule has 0 spiro atoms. The Bertz CT molecular complexity index is 416. The van der Waals surface area contributed by atoms with Crippen LogP contribution in [0, 0.1) is 0 Å². The zero-order valence-electron chi connectivity index (χ0n) is 8.48. The molecule has 0 aromatic heterocycles. The Morgan fingerprint density at radius 1 is 1.44 bits per heavy atom. The Hall–Kier alpha value is -1.26. The van der Waals surface area contributed by atoms with Crippen molar-refractivity contribution in [3.8, 4) is 5.75 Å². The van der Waals surface area contributed by atoms with Crippen molar-refractivity contribution >= 4 is 17.5 Å². The van der Waals surface area contributed by atoms with Crippen LogP contribution in [0.25, 0.3) is 0 Å². The van der Waals surface area contributed by atoms with Crippen LogP contribution >= 0.6 is 11.6 Å². The number of carbonyl (C=O) groups is 1. The van der Waals surface area contributed by atoms with Gasteiger partial charge in [-0.05, 0) is 31.0 Å². The highest BCUT2D eigenvalue weighted by Gasteiger charge is 2.28. The Morgan fingerprint density at radius 2 is 2.12 bits per heavy atom. The first-order valence-corrected chi connectivity index (χ1v) is 5.41. The van der Waals surface area contributed by atoms with Crippen LogP contribution < -0.4 is 5.32 Å². The van der Waals surface area contributed by atoms with E-state index in [0.29, 0.717) is 18.4 Å². The molecule has 3 N–H and O–H groups in total. The first-order valence-electron chi connectivity index (χ1n) is 5.03. The lowest BCUT2D eigenvalue weighted by molar-refractivity contribution is 0.0562. The van der Waals surface area contributed by atoms with E-state index in [1.165, 1.54) is 18.2 Å². The molecule has 1 saturated carbocycles. The van der Waals surface area contributed by atoms with E-state index >= 15 is 0 Å². The average Bonchev–Trinajstić information content (AvgIpc) is 2.19. The largest absolute Gasteiger partial charge is 0.506 e. The number of amides is 1. The number of carbonyl (C=O) groups excluding carboxylic acids is 1. The van der Waals surface area contributed by atoms with Gasteiger partial charge in [-0.1, -0.05) is 11.6 Å². The predicted octanol–water partition coefficient (Wildman–Crippen LogP) is 1.30. The lowest BCUT2D eigenvalue weighted by atomic mass is 9.89. The van der Waals surface area contributed by atoms with Crippen LogP contribution in [0.2, 0.25) is 5.02 Å². The fourth-order valence-electron chi connectivity index (χ4n) is 1.62. The molecule has 2 rings (SSSR count). The average molecular weight is 242 g/mol. The van der Waals surface area contributed by atoms with E-state index in [0.717, 1.165) is 0 Å². The minimum Gasteiger partial charge on any atom is -0.506 e. The van der Waals surface area contributed by atoms with Crippen molar-refractivity contribution < 1.29 is 15.0 Å². The molecule has 86 valence electrons. The van der Waals surface area contributed by atoms with Crippen LogP contribution in [0.3, 0.4) is 0 Å². The van der Waals surface area contributed by atoms with Gasteiger partial charge in [-0.15, -0.1) is 0 Å². The third-order valence-corrected chi connectivity index (χ3v) is 2.96. The van der Waals surface area contributed by atoms with Crippen molar-refractivity contribution in [2.45, 2.75) is 25.0 Å². The summed E-state index contributed by atoms with van der Waals surface area (Å²) in [5, 5.41) is 21.2. The molecule has 1 aliphatic carbocycles. The molecule has 0 atom stereocenters. The highest BCUT2D eigenvalue weighted by atomic mass is 35.5. The summed E-state index contributed by atoms with van der Waals surface area (Å²) >= 11 is 5.70. The van der Waals surface area contributed by atoms with Crippen molar-refractivity contribution in [2.75, 3.05) is 0 Å². The van der Waals surface area contributed by atoms with Crippen molar-refractivity contribution in [3.05, 3.63) is 28.8 Å². The Labute approximate surface area is 97.9 Å². The van der Waals surface area contributed by atoms with Gasteiger partial charge in [0.25, 0.3) is 5.91 Å². The van der Waals surface area contributed by atoms with Crippen LogP contribution in [0.5, 0.6) is 5.75 Å². The van der Waals surface area contributed by atoms with Crippen LogP contribution in [-0.4, -0.2) is 28.3 Å². The van der Waals surface area contributed by atoms with E-state index in [9.17, 15) is 9.90 Å². The van der Waals surface area contributed by atoms with E-state index in [2.05, 4.69) is 5.32 Å². The zero-order chi connectivity index (χ0) is 11.7. The quantitative estimate of drug-likeness (QED) is 0.731. The molecule has 1 aliphatic rings. The van der Waals surface area contributed by atoms with Gasteiger partial charge < -0.3 is 15.5 Å². The summed E-state index contributed by atoms with van der Waals surface area (Å²) in [7, 11) is 0. The van der Waals surface area contributed by atoms with E-state index in [-0.39, 0.29) is 28.8 Å². The number of benzene rings is 1. The van der Waals surface area contributed by atoms with Gasteiger partial charge in [-0.2, -0.15) is 0 Å². The van der Waals surface area contributed by atoms with Gasteiger partial charge in [0.05, 0.1) is 11.1 Å². The number of phenolic OH excluding ortho intramolecular Hbond substituents is 1. The summed E-state index contributed by atoms with van der Waals surface area (Å²) in [4.78, 5) is 11.7. The number of aromatic hydroxyl groups is 1. The van der Waals surface area contributed by atoms with Gasteiger partial charge in [0.2, 0.25) is 0 Å². The minimum atomic E-state index is -0.297. The van der Waals surface area contributed by atoms with Crippen molar-refractivity contribution in [3.63, 3.8) is 0 Å². The number of aliphatic hydroxyl groups is 1. The second kappa shape index (κ2) is 4.31. The predicted molar refractivity (Wildman–Crippen MR) is 59.6 cm³/mol. The number of aliphatic hydroxyl groups excluding tert-OH is 1. The maximum absolute atomic E-state index is 11.7. The van der Waals surface area contributed by atoms with Gasteiger partial charge >= 0.3 is 0 Å². The number of halogens is 1. The molecular weight excluding hydrogens is 230 g/mol. The van der Waals surface area contributed by atoms with Crippen LogP contribution in [0.15, 0.2) is 18.2 Å². The third kappa shape index (κ3) is 2.28. The molecule has 1 aromatic carbocycles. The standard InChI is InChI=1S/C11H12ClNO3/c12-9-3-6(1-2-10(9)15)11(16)13-7-4-8(14)5-7/h1-3,7-8,14-15H,4-5H2,(H,13,16). The summed E-state index contributed by atoms with van der Waals surface area (Å²) in [5.74, 6) is -0.281. The van der Waals surface area contributed by atoms with Gasteiger partial charge in [0, 0.05) is 11.6 Å². The summed E-state index contributed by atoms with van der Waals surface area (Å²) in [5.41, 5.74) is 0.407. The molecule has 1 fully saturated rings. The fraction of sp³-hybridized carbons (Fsp3) is 0.364. The topological polar surface area (TPSA) is 69.6 Å². The second-order valence-electron chi connectivity index (χ2n) is 3.96. The van der Waals surface area contributed by atoms with E-state index < -0.39 is 0 Å². The summed E-state index contributed by atoms with van der Waals surface area (Å²) < 4.78 is 0. The lowest BCUT2D eigenvalue weighted by Gasteiger charge is -2.31. The molecule has 0 saturated heterocycles. The summed E-state index contributed by atoms with van der Waals surface area (Å²) in [6.45, 7) is 0. The molecule has 5 heteroatoms. The molecule has 16 heavy (non-hydrogen) atoms. The highest BCUT2D eigenvalue weighted by Crippen LogP contribution is 2.24. The van der Waals surface area contributed by atoms with Crippen LogP contribution in [0.4, 0.5) is 0 Å². The second-order valence-corrected chi connectivity index (χ2v) is 4.37. The van der Waals surface area contributed by atoms with Crippen molar-refractivity contribution in [1.82, 2.24) is 5.32 Å². The van der Waals surface area contributed by atoms with E-state index in [1.807, 2.05) is 0 Å². The molecular formula is C11H12ClNO3. The monoisotopic (exact) mass is 241 g/mol. The molecule has 0 unspecified atom stereocenters. The minimum absolute atomic E-state index is 0.0371. The molecule has 0 aliphatic heterocycles. The molecule has 1 aromatic rings. The summed E-state index contributed by atoms with van der Waals surface area (Å²) in [6.07, 6.45) is 0.892. The number of hydrogen-bond acceptors (Lipinski definition) is 3. The molecule has 4 nitrogen and oxygen atoms in total. The lowest BCUT2D eigenvalue weighted by Crippen LogP contribution is -2.46. The van der Waals surface area contributed by atoms with Gasteiger partial charge in [-0.3, -0.25) is 4.79 Å². The number of rotatable bonds is 2. The third-order valence-electron chi connectivity index (χ3n) is 2.66. The number of phenols is 1.